The van der Waals surface area contributed by atoms with Crippen LogP contribution < -0.4 is 0 Å². The van der Waals surface area contributed by atoms with Crippen molar-refractivity contribution in [3.63, 3.8) is 0 Å². The van der Waals surface area contributed by atoms with Gasteiger partial charge in [0.2, 0.25) is 5.79 Å². The number of carbonyl (C=O) groups is 5. The number of amides is 1. The second kappa shape index (κ2) is 25.5. The van der Waals surface area contributed by atoms with E-state index in [9.17, 15) is 34.2 Å². The lowest BCUT2D eigenvalue weighted by Crippen LogP contribution is -2.64. The predicted molar refractivity (Wildman–Crippen MR) is 246 cm³/mol. The molecular formula is C51H79NO15. The topological polar surface area (TPSA) is 203 Å². The van der Waals surface area contributed by atoms with Gasteiger partial charge in [0.25, 0.3) is 11.7 Å². The van der Waals surface area contributed by atoms with E-state index in [-0.39, 0.29) is 61.6 Å². The Morgan fingerprint density at radius 3 is 2.25 bits per heavy atom. The Kier molecular flexibility index (Phi) is 20.8. The van der Waals surface area contributed by atoms with Crippen molar-refractivity contribution in [2.24, 2.45) is 29.6 Å². The van der Waals surface area contributed by atoms with Crippen LogP contribution in [0.1, 0.15) is 118 Å². The van der Waals surface area contributed by atoms with Crippen LogP contribution in [0, 0.1) is 29.6 Å². The first-order valence-corrected chi connectivity index (χ1v) is 24.6. The second-order valence-corrected chi connectivity index (χ2v) is 19.8. The molecule has 1 aliphatic carbocycles. The van der Waals surface area contributed by atoms with Crippen LogP contribution >= 0.6 is 0 Å². The number of piperidine rings is 1. The third-order valence-corrected chi connectivity index (χ3v) is 14.7. The van der Waals surface area contributed by atoms with Crippen molar-refractivity contribution in [1.29, 1.82) is 0 Å². The molecule has 1 saturated carbocycles. The fraction of sp³-hybridized carbons (Fsp3) is 0.784. The molecule has 16 heteroatoms. The van der Waals surface area contributed by atoms with E-state index in [0.29, 0.717) is 83.2 Å². The van der Waals surface area contributed by atoms with Gasteiger partial charge in [0.1, 0.15) is 24.0 Å². The van der Waals surface area contributed by atoms with Gasteiger partial charge in [-0.1, -0.05) is 44.6 Å². The molecule has 15 atom stereocenters. The first-order valence-electron chi connectivity index (χ1n) is 24.6. The Morgan fingerprint density at radius 1 is 0.881 bits per heavy atom. The number of rotatable bonds is 13. The summed E-state index contributed by atoms with van der Waals surface area (Å²) < 4.78 is 47.2. The lowest BCUT2D eigenvalue weighted by Gasteiger charge is -2.47. The molecule has 4 heterocycles. The van der Waals surface area contributed by atoms with E-state index in [1.807, 2.05) is 32.9 Å². The summed E-state index contributed by atoms with van der Waals surface area (Å²) in [5.74, 6) is -8.18. The maximum absolute atomic E-state index is 14.5. The number of carbonyl (C=O) groups excluding carboxylic acids is 5. The van der Waals surface area contributed by atoms with Crippen molar-refractivity contribution in [3.8, 4) is 0 Å². The number of aliphatic hydroxyl groups is 2. The third kappa shape index (κ3) is 13.9. The van der Waals surface area contributed by atoms with Crippen molar-refractivity contribution < 1.29 is 72.1 Å². The molecule has 0 aromatic rings. The zero-order valence-electron chi connectivity index (χ0n) is 41.2. The molecule has 4 fully saturated rings. The van der Waals surface area contributed by atoms with Crippen LogP contribution in [0.4, 0.5) is 0 Å². The molecule has 378 valence electrons. The summed E-state index contributed by atoms with van der Waals surface area (Å²) in [7, 11) is 4.70. The summed E-state index contributed by atoms with van der Waals surface area (Å²) >= 11 is 0. The minimum atomic E-state index is -2.53. The smallest absolute Gasteiger partial charge is 0.335 e. The maximum Gasteiger partial charge on any atom is 0.335 e. The van der Waals surface area contributed by atoms with Crippen LogP contribution in [0.15, 0.2) is 36.0 Å². The SMILES string of the molecule is C=CC[C@@H]1/C=C(\C)C[C@H](C)C[C@H](OC)C2O[C@@](O)(C(=O)C(=O)N3CCCC[C@H]3C(=O)O[C@H](/C(C)=C/[C@@H]3CC[C@@H](OCCCOC4CCOC4=O)[C@H](OC)C3)[C@H](C)[C@@H](O)CC1=O)[C@H](C)C[C@@H]2OC. The zero-order valence-corrected chi connectivity index (χ0v) is 41.2. The molecule has 2 N–H and O–H groups in total. The van der Waals surface area contributed by atoms with Crippen LogP contribution in [0.25, 0.3) is 0 Å². The van der Waals surface area contributed by atoms with Crippen molar-refractivity contribution >= 4 is 29.4 Å². The van der Waals surface area contributed by atoms with Crippen LogP contribution in [-0.4, -0.2) is 153 Å². The number of aliphatic hydroxyl groups excluding tert-OH is 1. The normalized spacial score (nSPS) is 38.8. The van der Waals surface area contributed by atoms with Gasteiger partial charge in [-0.25, -0.2) is 9.59 Å². The highest BCUT2D eigenvalue weighted by Gasteiger charge is 2.56. The summed E-state index contributed by atoms with van der Waals surface area (Å²) in [6.45, 7) is 14.4. The molecule has 1 amide bonds. The van der Waals surface area contributed by atoms with E-state index < -0.39 is 83.9 Å². The maximum atomic E-state index is 14.5. The number of hydrogen-bond acceptors (Lipinski definition) is 15. The summed E-state index contributed by atoms with van der Waals surface area (Å²) in [5.41, 5.74) is 1.61. The molecule has 2 bridgehead atoms. The Labute approximate surface area is 397 Å². The van der Waals surface area contributed by atoms with Gasteiger partial charge < -0.3 is 53.0 Å². The van der Waals surface area contributed by atoms with Gasteiger partial charge in [-0.05, 0) is 102 Å². The fourth-order valence-corrected chi connectivity index (χ4v) is 10.7. The molecule has 0 aromatic heterocycles. The summed E-state index contributed by atoms with van der Waals surface area (Å²) in [5, 5.41) is 24.0. The predicted octanol–water partition coefficient (Wildman–Crippen LogP) is 5.39. The van der Waals surface area contributed by atoms with Crippen molar-refractivity contribution in [2.75, 3.05) is 47.7 Å². The Bertz CT molecular complexity index is 1770. The van der Waals surface area contributed by atoms with Crippen LogP contribution in [-0.2, 0) is 61.9 Å². The molecule has 4 aliphatic heterocycles. The van der Waals surface area contributed by atoms with Gasteiger partial charge in [0.15, 0.2) is 6.10 Å². The van der Waals surface area contributed by atoms with E-state index in [4.69, 9.17) is 37.9 Å². The number of ether oxygens (including phenoxy) is 8. The van der Waals surface area contributed by atoms with Gasteiger partial charge in [-0.2, -0.15) is 0 Å². The second-order valence-electron chi connectivity index (χ2n) is 19.8. The summed E-state index contributed by atoms with van der Waals surface area (Å²) in [6.07, 6.45) is 6.31. The number of ketones is 2. The molecular weight excluding hydrogens is 867 g/mol. The van der Waals surface area contributed by atoms with Gasteiger partial charge in [-0.3, -0.25) is 14.4 Å². The lowest BCUT2D eigenvalue weighted by atomic mass is 9.81. The molecule has 67 heavy (non-hydrogen) atoms. The van der Waals surface area contributed by atoms with Gasteiger partial charge in [0, 0.05) is 71.7 Å². The highest BCUT2D eigenvalue weighted by Crippen LogP contribution is 2.39. The lowest BCUT2D eigenvalue weighted by molar-refractivity contribution is -0.302. The number of nitrogens with zero attached hydrogens (tertiary/aromatic N) is 1. The standard InChI is InChI=1S/C51H79NO15/c1-10-14-36-24-30(2)23-31(3)25-43(61-8)46-44(62-9)27-33(5)51(59,67-46)47(55)48(56)52-19-12-11-15-37(52)49(57)66-45(34(6)38(53)29-39(36)54)32(4)26-35-16-17-40(42(28-35)60-7)63-20-13-21-64-41-18-22-65-50(41)58/h10,24,26,31,33-38,40-46,53,59H,1,11-23,25,27-29H2,2-9H3/b30-24+,32-26+/t31-,33+,34+,35-,36+,37-,38-,40+,41?,42+,43-,44-,45+,46?,51+/m0/s1. The molecule has 5 aliphatic rings. The first-order chi connectivity index (χ1) is 31.9. The largest absolute Gasteiger partial charge is 0.464 e. The zero-order chi connectivity index (χ0) is 49.0. The van der Waals surface area contributed by atoms with Crippen molar-refractivity contribution in [3.05, 3.63) is 36.0 Å². The van der Waals surface area contributed by atoms with E-state index in [0.717, 1.165) is 12.0 Å². The summed E-state index contributed by atoms with van der Waals surface area (Å²) in [4.78, 5) is 70.2. The fourth-order valence-electron chi connectivity index (χ4n) is 10.7. The van der Waals surface area contributed by atoms with E-state index in [1.54, 1.807) is 27.0 Å². The molecule has 0 spiro atoms. The number of allylic oxidation sites excluding steroid dienone is 4. The van der Waals surface area contributed by atoms with Crippen LogP contribution in [0.3, 0.4) is 0 Å². The Morgan fingerprint density at radius 2 is 1.58 bits per heavy atom. The van der Waals surface area contributed by atoms with Gasteiger partial charge in [0.05, 0.1) is 37.1 Å². The summed E-state index contributed by atoms with van der Waals surface area (Å²) in [6, 6.07) is -1.16. The molecule has 0 radical (unpaired) electrons. The average Bonchev–Trinajstić information content (AvgIpc) is 3.73. The number of hydrogen-bond donors (Lipinski definition) is 2. The van der Waals surface area contributed by atoms with Gasteiger partial charge >= 0.3 is 11.9 Å². The van der Waals surface area contributed by atoms with E-state index in [2.05, 4.69) is 6.58 Å². The van der Waals surface area contributed by atoms with Crippen LogP contribution in [0.5, 0.6) is 0 Å². The van der Waals surface area contributed by atoms with E-state index in [1.165, 1.54) is 19.1 Å². The molecule has 2 unspecified atom stereocenters. The highest BCUT2D eigenvalue weighted by molar-refractivity contribution is 6.39. The first kappa shape index (κ1) is 54.6. The number of fused-ring (bicyclic) bond motifs is 3. The number of Topliss-reactive ketones (excluding diaryl/α,β-unsaturated/α-hetero) is 2. The number of methoxy groups -OCH3 is 3. The van der Waals surface area contributed by atoms with Crippen molar-refractivity contribution in [1.82, 2.24) is 4.90 Å². The van der Waals surface area contributed by atoms with Gasteiger partial charge in [-0.15, -0.1) is 6.58 Å². The molecule has 3 saturated heterocycles. The Balaban J connectivity index is 1.42. The monoisotopic (exact) mass is 946 g/mol. The quantitative estimate of drug-likeness (QED) is 0.103. The molecule has 5 rings (SSSR count). The molecule has 16 nitrogen and oxygen atoms in total. The van der Waals surface area contributed by atoms with Crippen LogP contribution in [0.2, 0.25) is 0 Å². The average molecular weight is 946 g/mol. The van der Waals surface area contributed by atoms with Crippen molar-refractivity contribution in [2.45, 2.75) is 179 Å². The van der Waals surface area contributed by atoms with E-state index >= 15 is 0 Å². The number of esters is 2. The number of cyclic esters (lactones) is 2. The highest BCUT2D eigenvalue weighted by atomic mass is 16.7. The third-order valence-electron chi connectivity index (χ3n) is 14.7. The minimum Gasteiger partial charge on any atom is -0.464 e. The molecule has 0 aromatic carbocycles. The minimum absolute atomic E-state index is 0.00261. The Hall–Kier alpha value is -3.35.